The minimum Gasteiger partial charge on any atom is -0.186 e. The van der Waals surface area contributed by atoms with Gasteiger partial charge in [-0.2, -0.15) is 4.67 Å². The molecule has 0 heterocycles. The fourth-order valence-electron chi connectivity index (χ4n) is 1.52. The summed E-state index contributed by atoms with van der Waals surface area (Å²) in [5, 5.41) is 0. The van der Waals surface area contributed by atoms with Crippen molar-refractivity contribution in [3.63, 3.8) is 0 Å². The van der Waals surface area contributed by atoms with E-state index in [0.29, 0.717) is 0 Å². The number of hydrogen-bond acceptors (Lipinski definition) is 1. The molecule has 0 rings (SSSR count). The molecule has 0 atom stereocenters. The van der Waals surface area contributed by atoms with Crippen molar-refractivity contribution in [1.29, 1.82) is 0 Å². The molecule has 0 N–H and O–H groups in total. The molecular formula is C8H21NP+. The summed E-state index contributed by atoms with van der Waals surface area (Å²) in [7, 11) is 3.78. The summed E-state index contributed by atoms with van der Waals surface area (Å²) in [6.07, 6.45) is 4.10. The van der Waals surface area contributed by atoms with Crippen molar-refractivity contribution >= 4 is 7.41 Å². The highest BCUT2D eigenvalue weighted by molar-refractivity contribution is 7.73. The minimum atomic E-state index is -0.677. The van der Waals surface area contributed by atoms with Crippen LogP contribution in [0.5, 0.6) is 0 Å². The van der Waals surface area contributed by atoms with Gasteiger partial charge in [-0.25, -0.2) is 0 Å². The third-order valence-corrected chi connectivity index (χ3v) is 7.84. The molecule has 62 valence electrons. The van der Waals surface area contributed by atoms with Gasteiger partial charge in [-0.1, -0.05) is 0 Å². The fourth-order valence-corrected chi connectivity index (χ4v) is 4.56. The first-order valence-electron chi connectivity index (χ1n) is 4.16. The van der Waals surface area contributed by atoms with Gasteiger partial charge in [0.25, 0.3) is 0 Å². The Hall–Kier alpha value is 0.390. The lowest BCUT2D eigenvalue weighted by atomic mass is 10.9. The van der Waals surface area contributed by atoms with Crippen molar-refractivity contribution in [2.45, 2.75) is 20.8 Å². The van der Waals surface area contributed by atoms with E-state index in [1.54, 1.807) is 0 Å². The first kappa shape index (κ1) is 10.4. The van der Waals surface area contributed by atoms with Crippen molar-refractivity contribution in [3.05, 3.63) is 0 Å². The van der Waals surface area contributed by atoms with Crippen LogP contribution in [0.1, 0.15) is 20.8 Å². The second kappa shape index (κ2) is 4.31. The lowest BCUT2D eigenvalue weighted by Crippen LogP contribution is -2.20. The quantitative estimate of drug-likeness (QED) is 0.574. The zero-order valence-corrected chi connectivity index (χ0v) is 8.91. The zero-order valence-electron chi connectivity index (χ0n) is 8.02. The summed E-state index contributed by atoms with van der Waals surface area (Å²) in [6.45, 7) is 6.96. The number of nitrogens with zero attached hydrogens (tertiary/aromatic N) is 1. The Morgan fingerprint density at radius 3 is 1.20 bits per heavy atom. The van der Waals surface area contributed by atoms with Gasteiger partial charge in [0.05, 0.1) is 25.9 Å². The summed E-state index contributed by atoms with van der Waals surface area (Å²) in [5.74, 6) is 0. The largest absolute Gasteiger partial charge is 0.186 e. The van der Waals surface area contributed by atoms with E-state index in [4.69, 9.17) is 0 Å². The molecule has 0 aromatic heterocycles. The van der Waals surface area contributed by atoms with Gasteiger partial charge in [0.15, 0.2) is 0 Å². The van der Waals surface area contributed by atoms with Crippen molar-refractivity contribution < 1.29 is 0 Å². The van der Waals surface area contributed by atoms with Crippen LogP contribution in [-0.4, -0.2) is 37.3 Å². The Kier molecular flexibility index (Phi) is 4.47. The van der Waals surface area contributed by atoms with E-state index < -0.39 is 7.41 Å². The van der Waals surface area contributed by atoms with Crippen LogP contribution in [0.15, 0.2) is 0 Å². The highest BCUT2D eigenvalue weighted by atomic mass is 31.2. The summed E-state index contributed by atoms with van der Waals surface area (Å²) in [6, 6.07) is 0. The summed E-state index contributed by atoms with van der Waals surface area (Å²) < 4.78 is 2.47. The average molecular weight is 162 g/mol. The molecule has 0 aliphatic heterocycles. The Morgan fingerprint density at radius 2 is 1.20 bits per heavy atom. The SMILES string of the molecule is CC[P+](CC)(CC)N(C)C. The van der Waals surface area contributed by atoms with Gasteiger partial charge in [0.2, 0.25) is 0 Å². The van der Waals surface area contributed by atoms with E-state index in [-0.39, 0.29) is 0 Å². The van der Waals surface area contributed by atoms with Crippen LogP contribution in [-0.2, 0) is 0 Å². The van der Waals surface area contributed by atoms with Gasteiger partial charge < -0.3 is 0 Å². The van der Waals surface area contributed by atoms with Gasteiger partial charge in [-0.05, 0) is 20.8 Å². The summed E-state index contributed by atoms with van der Waals surface area (Å²) >= 11 is 0. The zero-order chi connectivity index (χ0) is 8.20. The molecule has 0 amide bonds. The van der Waals surface area contributed by atoms with Crippen LogP contribution in [0, 0.1) is 0 Å². The summed E-state index contributed by atoms with van der Waals surface area (Å²) in [4.78, 5) is 0. The maximum atomic E-state index is 2.47. The molecular weight excluding hydrogens is 141 g/mol. The van der Waals surface area contributed by atoms with Crippen LogP contribution < -0.4 is 0 Å². The topological polar surface area (TPSA) is 3.24 Å². The van der Waals surface area contributed by atoms with E-state index in [0.717, 1.165) is 0 Å². The van der Waals surface area contributed by atoms with Crippen LogP contribution in [0.2, 0.25) is 0 Å². The molecule has 1 nitrogen and oxygen atoms in total. The molecule has 0 unspecified atom stereocenters. The lowest BCUT2D eigenvalue weighted by molar-refractivity contribution is 0.656. The van der Waals surface area contributed by atoms with Crippen molar-refractivity contribution in [2.24, 2.45) is 0 Å². The van der Waals surface area contributed by atoms with Crippen LogP contribution in [0.4, 0.5) is 0 Å². The molecule has 2 heteroatoms. The van der Waals surface area contributed by atoms with Gasteiger partial charge in [0, 0.05) is 14.1 Å². The van der Waals surface area contributed by atoms with Crippen LogP contribution in [0.25, 0.3) is 0 Å². The van der Waals surface area contributed by atoms with Gasteiger partial charge in [0.1, 0.15) is 0 Å². The second-order valence-corrected chi connectivity index (χ2v) is 7.78. The van der Waals surface area contributed by atoms with Gasteiger partial charge in [-0.3, -0.25) is 0 Å². The maximum Gasteiger partial charge on any atom is 0.0816 e. The highest BCUT2D eigenvalue weighted by Crippen LogP contribution is 2.59. The Bertz CT molecular complexity index is 79.0. The van der Waals surface area contributed by atoms with Gasteiger partial charge in [-0.15, -0.1) is 0 Å². The molecule has 0 aliphatic carbocycles. The van der Waals surface area contributed by atoms with Crippen LogP contribution >= 0.6 is 7.41 Å². The third kappa shape index (κ3) is 1.93. The van der Waals surface area contributed by atoms with E-state index in [1.807, 2.05) is 0 Å². The van der Waals surface area contributed by atoms with Crippen molar-refractivity contribution in [1.82, 2.24) is 4.67 Å². The average Bonchev–Trinajstić information content (AvgIpc) is 1.92. The monoisotopic (exact) mass is 162 g/mol. The second-order valence-electron chi connectivity index (χ2n) is 2.89. The standard InChI is InChI=1S/C8H21NP/c1-6-10(7-2,8-3)9(4)5/h6-8H2,1-5H3/q+1. The third-order valence-electron chi connectivity index (χ3n) is 2.61. The molecule has 0 saturated carbocycles. The molecule has 0 radical (unpaired) electrons. The molecule has 0 bridgehead atoms. The normalized spacial score (nSPS) is 12.6. The molecule has 0 aromatic carbocycles. The van der Waals surface area contributed by atoms with Crippen molar-refractivity contribution in [2.75, 3.05) is 32.6 Å². The Balaban J connectivity index is 4.15. The van der Waals surface area contributed by atoms with Gasteiger partial charge >= 0.3 is 0 Å². The predicted molar refractivity (Wildman–Crippen MR) is 52.2 cm³/mol. The van der Waals surface area contributed by atoms with E-state index in [9.17, 15) is 0 Å². The first-order valence-corrected chi connectivity index (χ1v) is 6.46. The molecule has 10 heavy (non-hydrogen) atoms. The molecule has 0 aromatic rings. The summed E-state index contributed by atoms with van der Waals surface area (Å²) in [5.41, 5.74) is 0. The molecule has 0 aliphatic rings. The van der Waals surface area contributed by atoms with E-state index >= 15 is 0 Å². The van der Waals surface area contributed by atoms with E-state index in [2.05, 4.69) is 39.5 Å². The number of rotatable bonds is 4. The Morgan fingerprint density at radius 1 is 0.900 bits per heavy atom. The first-order chi connectivity index (χ1) is 4.63. The fraction of sp³-hybridized carbons (Fsp3) is 1.00. The number of hydrogen-bond donors (Lipinski definition) is 0. The Labute approximate surface area is 66.2 Å². The maximum absolute atomic E-state index is 2.47. The minimum absolute atomic E-state index is 0.677. The van der Waals surface area contributed by atoms with Crippen LogP contribution in [0.3, 0.4) is 0 Å². The lowest BCUT2D eigenvalue weighted by Gasteiger charge is -2.29. The molecule has 0 saturated heterocycles. The van der Waals surface area contributed by atoms with Crippen molar-refractivity contribution in [3.8, 4) is 0 Å². The molecule has 0 fully saturated rings. The highest BCUT2D eigenvalue weighted by Gasteiger charge is 2.33. The van der Waals surface area contributed by atoms with E-state index in [1.165, 1.54) is 18.5 Å². The predicted octanol–water partition coefficient (Wildman–Crippen LogP) is 2.54. The molecule has 0 spiro atoms. The smallest absolute Gasteiger partial charge is 0.0816 e.